The van der Waals surface area contributed by atoms with Crippen molar-refractivity contribution in [1.82, 2.24) is 4.99 Å². The largest absolute Gasteiger partial charge is 0.365 e. The molecule has 0 atom stereocenters. The summed E-state index contributed by atoms with van der Waals surface area (Å²) in [4.78, 5) is 14.1. The summed E-state index contributed by atoms with van der Waals surface area (Å²) in [6, 6.07) is 0. The van der Waals surface area contributed by atoms with Gasteiger partial charge in [0.25, 0.3) is 12.1 Å². The van der Waals surface area contributed by atoms with Gasteiger partial charge in [-0.05, 0) is 6.08 Å². The van der Waals surface area contributed by atoms with Gasteiger partial charge in [0.1, 0.15) is 5.57 Å². The Morgan fingerprint density at radius 2 is 2.44 bits per heavy atom. The Kier molecular flexibility index (Phi) is 1.44. The average molecular weight is 122 g/mol. The first-order valence-electron chi connectivity index (χ1n) is 2.50. The number of primary amides is 1. The van der Waals surface area contributed by atoms with Gasteiger partial charge in [0.2, 0.25) is 6.20 Å². The third-order valence-electron chi connectivity index (χ3n) is 0.946. The third-order valence-corrected chi connectivity index (χ3v) is 0.946. The van der Waals surface area contributed by atoms with E-state index in [-0.39, 0.29) is 0 Å². The molecule has 3 nitrogen and oxygen atoms in total. The molecule has 0 saturated heterocycles. The zero-order chi connectivity index (χ0) is 6.69. The predicted molar refractivity (Wildman–Crippen MR) is 34.6 cm³/mol. The minimum absolute atomic E-state index is 0.442. The molecular formula is C6H6N2O+. The van der Waals surface area contributed by atoms with Crippen LogP contribution in [-0.2, 0) is 4.79 Å². The average Bonchev–Trinajstić information content (AvgIpc) is 1.90. The maximum Gasteiger partial charge on any atom is 0.255 e. The number of carbonyl (C=O) groups is 1. The van der Waals surface area contributed by atoms with E-state index < -0.39 is 5.91 Å². The lowest BCUT2D eigenvalue weighted by molar-refractivity contribution is -0.114. The van der Waals surface area contributed by atoms with E-state index in [1.807, 2.05) is 0 Å². The van der Waals surface area contributed by atoms with Crippen LogP contribution >= 0.6 is 0 Å². The van der Waals surface area contributed by atoms with Gasteiger partial charge in [-0.2, -0.15) is 0 Å². The van der Waals surface area contributed by atoms with Crippen molar-refractivity contribution in [3.8, 4) is 0 Å². The molecule has 0 spiro atoms. The maximum absolute atomic E-state index is 10.4. The molecule has 45 valence electrons. The number of hydrogen-bond donors (Lipinski definition) is 1. The number of nitrogens with two attached hydrogens (primary N) is 1. The Balaban J connectivity index is 2.84. The van der Waals surface area contributed by atoms with E-state index >= 15 is 0 Å². The molecule has 0 aromatic rings. The summed E-state index contributed by atoms with van der Waals surface area (Å²) in [5, 5.41) is 0. The molecule has 0 saturated carbocycles. The minimum atomic E-state index is -0.442. The summed E-state index contributed by atoms with van der Waals surface area (Å²) in [6.07, 6.45) is 6.31. The van der Waals surface area contributed by atoms with Crippen LogP contribution in [0.3, 0.4) is 0 Å². The fourth-order valence-corrected chi connectivity index (χ4v) is 0.509. The molecule has 0 bridgehead atoms. The van der Waals surface area contributed by atoms with E-state index in [0.29, 0.717) is 5.57 Å². The summed E-state index contributed by atoms with van der Waals surface area (Å²) < 4.78 is 0. The molecule has 1 aliphatic heterocycles. The van der Waals surface area contributed by atoms with Gasteiger partial charge in [-0.15, -0.1) is 0 Å². The van der Waals surface area contributed by atoms with Gasteiger partial charge in [0.05, 0.1) is 4.99 Å². The van der Waals surface area contributed by atoms with Crippen molar-refractivity contribution >= 4 is 12.1 Å². The van der Waals surface area contributed by atoms with Crippen LogP contribution < -0.4 is 10.7 Å². The summed E-state index contributed by atoms with van der Waals surface area (Å²) in [6.45, 7) is 0. The second-order valence-electron chi connectivity index (χ2n) is 1.61. The van der Waals surface area contributed by atoms with Gasteiger partial charge in [0.15, 0.2) is 0 Å². The molecule has 3 heteroatoms. The first-order chi connectivity index (χ1) is 4.30. The lowest BCUT2D eigenvalue weighted by Gasteiger charge is -1.86. The van der Waals surface area contributed by atoms with E-state index in [2.05, 4.69) is 4.99 Å². The highest BCUT2D eigenvalue weighted by Crippen LogP contribution is 1.90. The molecular weight excluding hydrogens is 116 g/mol. The quantitative estimate of drug-likeness (QED) is 0.492. The molecule has 1 rings (SSSR count). The number of rotatable bonds is 1. The van der Waals surface area contributed by atoms with E-state index in [1.165, 1.54) is 6.21 Å². The van der Waals surface area contributed by atoms with Crippen molar-refractivity contribution in [2.24, 2.45) is 5.73 Å². The Morgan fingerprint density at radius 1 is 1.67 bits per heavy atom. The first-order valence-corrected chi connectivity index (χ1v) is 2.50. The topological polar surface area (TPSA) is 57.2 Å². The highest BCUT2D eigenvalue weighted by atomic mass is 16.1. The monoisotopic (exact) mass is 122 g/mol. The smallest absolute Gasteiger partial charge is 0.255 e. The number of nitrogens with zero attached hydrogens (tertiary/aromatic N) is 1. The van der Waals surface area contributed by atoms with Crippen molar-refractivity contribution in [3.05, 3.63) is 23.9 Å². The number of amides is 1. The second-order valence-corrected chi connectivity index (χ2v) is 1.61. The van der Waals surface area contributed by atoms with Crippen LogP contribution in [0.25, 0.3) is 0 Å². The summed E-state index contributed by atoms with van der Waals surface area (Å²) in [5.74, 6) is -0.442. The lowest BCUT2D eigenvalue weighted by Crippen LogP contribution is -2.16. The van der Waals surface area contributed by atoms with Crippen LogP contribution in [0.1, 0.15) is 0 Å². The van der Waals surface area contributed by atoms with Gasteiger partial charge in [-0.25, -0.2) is 0 Å². The fourth-order valence-electron chi connectivity index (χ4n) is 0.509. The van der Waals surface area contributed by atoms with Gasteiger partial charge in [0, 0.05) is 6.08 Å². The Morgan fingerprint density at radius 3 is 2.78 bits per heavy atom. The summed E-state index contributed by atoms with van der Waals surface area (Å²) >= 11 is 0. The zero-order valence-electron chi connectivity index (χ0n) is 4.74. The number of allylic oxidation sites excluding steroid dienone is 2. The van der Waals surface area contributed by atoms with Crippen LogP contribution in [0.15, 0.2) is 23.9 Å². The van der Waals surface area contributed by atoms with Gasteiger partial charge < -0.3 is 5.73 Å². The molecule has 9 heavy (non-hydrogen) atoms. The Bertz CT molecular complexity index is 213. The number of aliphatic imine (C=N–C) groups is 1. The van der Waals surface area contributed by atoms with Gasteiger partial charge in [-0.3, -0.25) is 4.79 Å². The summed E-state index contributed by atoms with van der Waals surface area (Å²) in [7, 11) is 0. The van der Waals surface area contributed by atoms with Gasteiger partial charge >= 0.3 is 0 Å². The van der Waals surface area contributed by atoms with E-state index in [0.717, 1.165) is 0 Å². The molecule has 1 aliphatic rings. The van der Waals surface area contributed by atoms with Crippen molar-refractivity contribution in [3.63, 3.8) is 0 Å². The number of hydrogen-bond acceptors (Lipinski definition) is 2. The number of carbonyl (C=O) groups excluding carboxylic acids is 1. The van der Waals surface area contributed by atoms with Crippen molar-refractivity contribution in [2.75, 3.05) is 0 Å². The van der Waals surface area contributed by atoms with Crippen LogP contribution in [0, 0.1) is 0 Å². The molecule has 0 aromatic heterocycles. The zero-order valence-corrected chi connectivity index (χ0v) is 4.74. The summed E-state index contributed by atoms with van der Waals surface area (Å²) in [5.41, 5.74) is 5.38. The minimum Gasteiger partial charge on any atom is -0.365 e. The van der Waals surface area contributed by atoms with Crippen molar-refractivity contribution < 1.29 is 4.79 Å². The SMILES string of the molecule is NC(=O)C1=CC=C[N+]=C1. The van der Waals surface area contributed by atoms with Crippen LogP contribution in [0.4, 0.5) is 0 Å². The van der Waals surface area contributed by atoms with Crippen LogP contribution in [-0.4, -0.2) is 12.1 Å². The molecule has 0 unspecified atom stereocenters. The fraction of sp³-hybridized carbons (Fsp3) is 0. The van der Waals surface area contributed by atoms with Crippen molar-refractivity contribution in [2.45, 2.75) is 0 Å². The lowest BCUT2D eigenvalue weighted by atomic mass is 10.2. The van der Waals surface area contributed by atoms with Crippen molar-refractivity contribution in [1.29, 1.82) is 0 Å². The van der Waals surface area contributed by atoms with Crippen LogP contribution in [0.5, 0.6) is 0 Å². The highest BCUT2D eigenvalue weighted by Gasteiger charge is 2.07. The first kappa shape index (κ1) is 5.75. The third kappa shape index (κ3) is 1.25. The molecule has 1 amide bonds. The normalized spacial score (nSPS) is 15.3. The van der Waals surface area contributed by atoms with E-state index in [4.69, 9.17) is 5.73 Å². The second kappa shape index (κ2) is 2.26. The van der Waals surface area contributed by atoms with Gasteiger partial charge in [-0.1, -0.05) is 0 Å². The molecule has 1 heterocycles. The maximum atomic E-state index is 10.4. The van der Waals surface area contributed by atoms with Crippen LogP contribution in [0.2, 0.25) is 0 Å². The Labute approximate surface area is 52.6 Å². The Hall–Kier alpha value is -1.38. The highest BCUT2D eigenvalue weighted by molar-refractivity contribution is 6.11. The molecule has 0 fully saturated rings. The molecule has 0 aromatic carbocycles. The standard InChI is InChI=1S/C6H6N2O/c7-6(9)5-2-1-3-8-4-5/h1-4H,(H2,7,9)/q+1. The molecule has 2 N–H and O–H groups in total. The predicted octanol–water partition coefficient (Wildman–Crippen LogP) is -0.668. The molecule has 0 aliphatic carbocycles. The molecule has 1 radical (unpaired) electrons. The van der Waals surface area contributed by atoms with E-state index in [1.54, 1.807) is 18.4 Å². The van der Waals surface area contributed by atoms with E-state index in [9.17, 15) is 4.79 Å².